The molecule has 0 aromatic heterocycles. The minimum atomic E-state index is -3.70. The second-order valence-corrected chi connectivity index (χ2v) is 8.46. The van der Waals surface area contributed by atoms with Gasteiger partial charge in [-0.05, 0) is 30.5 Å². The van der Waals surface area contributed by atoms with Gasteiger partial charge in [0.1, 0.15) is 0 Å². The van der Waals surface area contributed by atoms with Crippen LogP contribution in [0.5, 0.6) is 0 Å². The van der Waals surface area contributed by atoms with Gasteiger partial charge in [-0.3, -0.25) is 9.59 Å². The van der Waals surface area contributed by atoms with Gasteiger partial charge in [0.15, 0.2) is 6.61 Å². The van der Waals surface area contributed by atoms with Crippen molar-refractivity contribution >= 4 is 38.4 Å². The fourth-order valence-corrected chi connectivity index (χ4v) is 3.86. The molecule has 0 atom stereocenters. The Bertz CT molecular complexity index is 1150. The van der Waals surface area contributed by atoms with Crippen LogP contribution in [0.2, 0.25) is 0 Å². The number of fused-ring (bicyclic) bond motifs is 1. The number of anilines is 1. The van der Waals surface area contributed by atoms with E-state index in [4.69, 9.17) is 4.74 Å². The Morgan fingerprint density at radius 3 is 2.40 bits per heavy atom. The Morgan fingerprint density at radius 1 is 0.933 bits per heavy atom. The van der Waals surface area contributed by atoms with Crippen LogP contribution < -0.4 is 10.0 Å². The summed E-state index contributed by atoms with van der Waals surface area (Å²) in [6.07, 6.45) is -0.188. The average Bonchev–Trinajstić information content (AvgIpc) is 2.73. The normalized spacial score (nSPS) is 11.2. The lowest BCUT2D eigenvalue weighted by molar-refractivity contribution is -0.147. The maximum absolute atomic E-state index is 12.2. The number of benzene rings is 3. The first-order chi connectivity index (χ1) is 14.3. The van der Waals surface area contributed by atoms with Gasteiger partial charge in [-0.15, -0.1) is 0 Å². The number of carbonyl (C=O) groups is 2. The molecule has 0 heterocycles. The molecule has 30 heavy (non-hydrogen) atoms. The molecule has 3 aromatic carbocycles. The number of sulfonamides is 1. The van der Waals surface area contributed by atoms with Crippen LogP contribution >= 0.6 is 0 Å². The van der Waals surface area contributed by atoms with E-state index in [0.717, 1.165) is 16.3 Å². The molecule has 0 saturated carbocycles. The molecule has 2 N–H and O–H groups in total. The molecule has 3 aromatic rings. The van der Waals surface area contributed by atoms with Crippen molar-refractivity contribution in [1.82, 2.24) is 4.72 Å². The number of carbonyl (C=O) groups excluding carboxylic acids is 2. The number of nitrogens with one attached hydrogen (secondary N) is 2. The maximum Gasteiger partial charge on any atom is 0.307 e. The van der Waals surface area contributed by atoms with Gasteiger partial charge in [-0.1, -0.05) is 54.1 Å². The number of aryl methyl sites for hydroxylation is 1. The van der Waals surface area contributed by atoms with Crippen molar-refractivity contribution in [3.05, 3.63) is 72.3 Å². The lowest BCUT2D eigenvalue weighted by Gasteiger charge is -2.10. The van der Waals surface area contributed by atoms with Gasteiger partial charge in [0.05, 0.1) is 11.3 Å². The molecule has 3 rings (SSSR count). The highest BCUT2D eigenvalue weighted by atomic mass is 32.2. The van der Waals surface area contributed by atoms with Crippen molar-refractivity contribution in [2.45, 2.75) is 18.2 Å². The first-order valence-corrected chi connectivity index (χ1v) is 10.8. The largest absolute Gasteiger partial charge is 0.456 e. The Hall–Kier alpha value is -3.23. The Balaban J connectivity index is 1.45. The van der Waals surface area contributed by atoms with Gasteiger partial charge in [0, 0.05) is 17.6 Å². The average molecular weight is 426 g/mol. The SMILES string of the molecule is Cc1ccc(S(=O)(=O)NCCC(=O)OCC(=O)Nc2cccc3ccccc23)cc1. The van der Waals surface area contributed by atoms with Gasteiger partial charge in [0.2, 0.25) is 10.0 Å². The summed E-state index contributed by atoms with van der Waals surface area (Å²) in [5.74, 6) is -1.14. The van der Waals surface area contributed by atoms with Gasteiger partial charge < -0.3 is 10.1 Å². The Kier molecular flexibility index (Phi) is 6.81. The molecule has 0 aliphatic heterocycles. The lowest BCUT2D eigenvalue weighted by Crippen LogP contribution is -2.28. The highest BCUT2D eigenvalue weighted by Crippen LogP contribution is 2.22. The molecular formula is C22H22N2O5S. The van der Waals surface area contributed by atoms with Gasteiger partial charge in [-0.25, -0.2) is 13.1 Å². The van der Waals surface area contributed by atoms with Crippen molar-refractivity contribution < 1.29 is 22.7 Å². The number of hydrogen-bond acceptors (Lipinski definition) is 5. The van der Waals surface area contributed by atoms with E-state index in [1.54, 1.807) is 18.2 Å². The van der Waals surface area contributed by atoms with E-state index in [9.17, 15) is 18.0 Å². The van der Waals surface area contributed by atoms with Crippen LogP contribution in [0.1, 0.15) is 12.0 Å². The molecule has 0 fully saturated rings. The molecule has 0 aliphatic rings. The van der Waals surface area contributed by atoms with Crippen LogP contribution in [-0.4, -0.2) is 33.4 Å². The second kappa shape index (κ2) is 9.51. The Morgan fingerprint density at radius 2 is 1.63 bits per heavy atom. The van der Waals surface area contributed by atoms with Crippen LogP contribution in [0.15, 0.2) is 71.6 Å². The molecule has 0 spiro atoms. The van der Waals surface area contributed by atoms with Crippen LogP contribution in [0.3, 0.4) is 0 Å². The van der Waals surface area contributed by atoms with E-state index < -0.39 is 28.5 Å². The summed E-state index contributed by atoms with van der Waals surface area (Å²) in [5.41, 5.74) is 1.57. The molecule has 7 nitrogen and oxygen atoms in total. The molecule has 0 unspecified atom stereocenters. The van der Waals surface area contributed by atoms with Crippen molar-refractivity contribution in [3.63, 3.8) is 0 Å². The van der Waals surface area contributed by atoms with Crippen LogP contribution in [0.4, 0.5) is 5.69 Å². The first-order valence-electron chi connectivity index (χ1n) is 9.35. The summed E-state index contributed by atoms with van der Waals surface area (Å²) >= 11 is 0. The van der Waals surface area contributed by atoms with E-state index >= 15 is 0 Å². The third-order valence-electron chi connectivity index (χ3n) is 4.38. The molecule has 8 heteroatoms. The third kappa shape index (κ3) is 5.65. The molecular weight excluding hydrogens is 404 g/mol. The van der Waals surface area contributed by atoms with Gasteiger partial charge in [0.25, 0.3) is 5.91 Å². The first kappa shape index (κ1) is 21.5. The van der Waals surface area contributed by atoms with Crippen LogP contribution in [-0.2, 0) is 24.3 Å². The van der Waals surface area contributed by atoms with Crippen molar-refractivity contribution in [1.29, 1.82) is 0 Å². The van der Waals surface area contributed by atoms with Gasteiger partial charge >= 0.3 is 5.97 Å². The lowest BCUT2D eigenvalue weighted by atomic mass is 10.1. The minimum Gasteiger partial charge on any atom is -0.456 e. The van der Waals surface area contributed by atoms with E-state index in [1.807, 2.05) is 43.3 Å². The Labute approximate surface area is 175 Å². The number of rotatable bonds is 8. The fraction of sp³-hybridized carbons (Fsp3) is 0.182. The molecule has 0 aliphatic carbocycles. The molecule has 0 saturated heterocycles. The van der Waals surface area contributed by atoms with Crippen LogP contribution in [0.25, 0.3) is 10.8 Å². The topological polar surface area (TPSA) is 102 Å². The van der Waals surface area contributed by atoms with Gasteiger partial charge in [-0.2, -0.15) is 0 Å². The number of esters is 1. The summed E-state index contributed by atoms with van der Waals surface area (Å²) in [5, 5.41) is 4.58. The summed E-state index contributed by atoms with van der Waals surface area (Å²) in [4.78, 5) is 24.1. The van der Waals surface area contributed by atoms with E-state index in [0.29, 0.717) is 5.69 Å². The monoisotopic (exact) mass is 426 g/mol. The number of ether oxygens (including phenoxy) is 1. The molecule has 0 radical (unpaired) electrons. The van der Waals surface area contributed by atoms with Crippen molar-refractivity contribution in [3.8, 4) is 0 Å². The van der Waals surface area contributed by atoms with E-state index in [2.05, 4.69) is 10.0 Å². The standard InChI is InChI=1S/C22H22N2O5S/c1-16-9-11-18(12-10-16)30(27,28)23-14-13-22(26)29-15-21(25)24-20-8-4-6-17-5-2-3-7-19(17)20/h2-12,23H,13-15H2,1H3,(H,24,25). The predicted molar refractivity (Wildman–Crippen MR) is 115 cm³/mol. The smallest absolute Gasteiger partial charge is 0.307 e. The summed E-state index contributed by atoms with van der Waals surface area (Å²) in [7, 11) is -3.70. The fourth-order valence-electron chi connectivity index (χ4n) is 2.83. The zero-order valence-corrected chi connectivity index (χ0v) is 17.2. The van der Waals surface area contributed by atoms with Crippen molar-refractivity contribution in [2.24, 2.45) is 0 Å². The summed E-state index contributed by atoms with van der Waals surface area (Å²) in [6.45, 7) is 1.28. The highest BCUT2D eigenvalue weighted by molar-refractivity contribution is 7.89. The van der Waals surface area contributed by atoms with E-state index in [1.165, 1.54) is 12.1 Å². The van der Waals surface area contributed by atoms with E-state index in [-0.39, 0.29) is 17.9 Å². The maximum atomic E-state index is 12.2. The summed E-state index contributed by atoms with van der Waals surface area (Å²) < 4.78 is 31.6. The second-order valence-electron chi connectivity index (χ2n) is 6.70. The minimum absolute atomic E-state index is 0.121. The zero-order chi connectivity index (χ0) is 21.6. The quantitative estimate of drug-likeness (QED) is 0.539. The zero-order valence-electron chi connectivity index (χ0n) is 16.4. The van der Waals surface area contributed by atoms with Crippen molar-refractivity contribution in [2.75, 3.05) is 18.5 Å². The highest BCUT2D eigenvalue weighted by Gasteiger charge is 2.15. The molecule has 1 amide bonds. The van der Waals surface area contributed by atoms with Crippen LogP contribution in [0, 0.1) is 6.92 Å². The number of amides is 1. The third-order valence-corrected chi connectivity index (χ3v) is 5.86. The predicted octanol–water partition coefficient (Wildman–Crippen LogP) is 3.00. The molecule has 0 bridgehead atoms. The molecule has 156 valence electrons. The number of hydrogen-bond donors (Lipinski definition) is 2. The summed E-state index contributed by atoms with van der Waals surface area (Å²) in [6, 6.07) is 19.5.